The molecule has 1 unspecified atom stereocenters. The summed E-state index contributed by atoms with van der Waals surface area (Å²) < 4.78 is 5.52. The molecule has 1 aromatic carbocycles. The molecule has 0 bridgehead atoms. The van der Waals surface area contributed by atoms with Gasteiger partial charge in [-0.25, -0.2) is 0 Å². The van der Waals surface area contributed by atoms with Gasteiger partial charge >= 0.3 is 0 Å². The van der Waals surface area contributed by atoms with Gasteiger partial charge in [0.2, 0.25) is 0 Å². The predicted molar refractivity (Wildman–Crippen MR) is 70.6 cm³/mol. The van der Waals surface area contributed by atoms with E-state index in [-0.39, 0.29) is 0 Å². The molecule has 0 saturated carbocycles. The molecule has 3 nitrogen and oxygen atoms in total. The Kier molecular flexibility index (Phi) is 3.69. The van der Waals surface area contributed by atoms with Crippen LogP contribution in [0, 0.1) is 19.8 Å². The van der Waals surface area contributed by atoms with E-state index in [0.717, 1.165) is 18.8 Å². The van der Waals surface area contributed by atoms with E-state index in [9.17, 15) is 0 Å². The molecular formula is C14H22N2O. The lowest BCUT2D eigenvalue weighted by atomic mass is 9.87. The van der Waals surface area contributed by atoms with Crippen molar-refractivity contribution in [2.45, 2.75) is 19.9 Å². The molecule has 1 heterocycles. The summed E-state index contributed by atoms with van der Waals surface area (Å²) in [5.74, 6) is 1.66. The maximum Gasteiger partial charge on any atom is 0.123 e. The van der Waals surface area contributed by atoms with Gasteiger partial charge in [0.15, 0.2) is 0 Å². The van der Waals surface area contributed by atoms with Crippen molar-refractivity contribution in [1.82, 2.24) is 10.6 Å². The van der Waals surface area contributed by atoms with Crippen LogP contribution in [-0.2, 0) is 0 Å². The Hall–Kier alpha value is -1.06. The average Bonchev–Trinajstić information content (AvgIpc) is 2.26. The standard InChI is InChI=1S/C14H22N2O/c1-9-5-12(13(17-4)6-10(9)2)14(15-3)11-7-16-8-11/h5-6,11,14-16H,7-8H2,1-4H3. The maximum atomic E-state index is 5.52. The lowest BCUT2D eigenvalue weighted by molar-refractivity contribution is 0.262. The van der Waals surface area contributed by atoms with Gasteiger partial charge in [-0.2, -0.15) is 0 Å². The molecule has 3 heteroatoms. The molecule has 1 fully saturated rings. The van der Waals surface area contributed by atoms with Crippen LogP contribution in [0.5, 0.6) is 5.75 Å². The van der Waals surface area contributed by atoms with E-state index in [1.807, 2.05) is 7.05 Å². The van der Waals surface area contributed by atoms with Crippen LogP contribution in [0.3, 0.4) is 0 Å². The Morgan fingerprint density at radius 2 is 1.94 bits per heavy atom. The number of hydrogen-bond donors (Lipinski definition) is 2. The molecule has 0 radical (unpaired) electrons. The van der Waals surface area contributed by atoms with Gasteiger partial charge in [0.05, 0.1) is 7.11 Å². The zero-order valence-corrected chi connectivity index (χ0v) is 11.1. The van der Waals surface area contributed by atoms with E-state index in [2.05, 4.69) is 36.6 Å². The lowest BCUT2D eigenvalue weighted by Crippen LogP contribution is -2.48. The van der Waals surface area contributed by atoms with Gasteiger partial charge in [-0.3, -0.25) is 0 Å². The highest BCUT2D eigenvalue weighted by Crippen LogP contribution is 2.33. The van der Waals surface area contributed by atoms with Gasteiger partial charge in [-0.15, -0.1) is 0 Å². The Morgan fingerprint density at radius 3 is 2.41 bits per heavy atom. The molecule has 0 amide bonds. The van der Waals surface area contributed by atoms with Crippen LogP contribution in [0.15, 0.2) is 12.1 Å². The van der Waals surface area contributed by atoms with Crippen LogP contribution < -0.4 is 15.4 Å². The van der Waals surface area contributed by atoms with Crippen LogP contribution in [0.1, 0.15) is 22.7 Å². The van der Waals surface area contributed by atoms with Crippen molar-refractivity contribution >= 4 is 0 Å². The first-order chi connectivity index (χ1) is 8.17. The van der Waals surface area contributed by atoms with E-state index in [1.165, 1.54) is 16.7 Å². The van der Waals surface area contributed by atoms with Gasteiger partial charge in [0, 0.05) is 30.6 Å². The molecular weight excluding hydrogens is 212 g/mol. The third-order valence-electron chi connectivity index (χ3n) is 3.78. The average molecular weight is 234 g/mol. The van der Waals surface area contributed by atoms with Crippen molar-refractivity contribution in [2.75, 3.05) is 27.2 Å². The molecule has 2 N–H and O–H groups in total. The minimum absolute atomic E-state index is 0.380. The SMILES string of the molecule is CNC(c1cc(C)c(C)cc1OC)C1CNC1. The van der Waals surface area contributed by atoms with Crippen molar-refractivity contribution in [3.8, 4) is 5.75 Å². The van der Waals surface area contributed by atoms with Gasteiger partial charge in [0.1, 0.15) is 5.75 Å². The molecule has 0 aromatic heterocycles. The van der Waals surface area contributed by atoms with Crippen LogP contribution in [0.2, 0.25) is 0 Å². The van der Waals surface area contributed by atoms with Crippen molar-refractivity contribution in [3.63, 3.8) is 0 Å². The van der Waals surface area contributed by atoms with Crippen molar-refractivity contribution < 1.29 is 4.74 Å². The summed E-state index contributed by atoms with van der Waals surface area (Å²) in [4.78, 5) is 0. The topological polar surface area (TPSA) is 33.3 Å². The number of nitrogens with one attached hydrogen (secondary N) is 2. The molecule has 94 valence electrons. The van der Waals surface area contributed by atoms with E-state index in [0.29, 0.717) is 12.0 Å². The third kappa shape index (κ3) is 2.31. The molecule has 1 atom stereocenters. The maximum absolute atomic E-state index is 5.52. The summed E-state index contributed by atoms with van der Waals surface area (Å²) in [6.07, 6.45) is 0. The summed E-state index contributed by atoms with van der Waals surface area (Å²) in [5.41, 5.74) is 3.89. The van der Waals surface area contributed by atoms with E-state index in [1.54, 1.807) is 7.11 Å². The minimum atomic E-state index is 0.380. The Labute approximate surface area is 104 Å². The number of rotatable bonds is 4. The highest BCUT2D eigenvalue weighted by atomic mass is 16.5. The van der Waals surface area contributed by atoms with Crippen LogP contribution in [0.25, 0.3) is 0 Å². The fourth-order valence-corrected chi connectivity index (χ4v) is 2.42. The molecule has 1 aliphatic rings. The number of benzene rings is 1. The molecule has 0 spiro atoms. The highest BCUT2D eigenvalue weighted by Gasteiger charge is 2.29. The van der Waals surface area contributed by atoms with Crippen molar-refractivity contribution in [1.29, 1.82) is 0 Å². The van der Waals surface area contributed by atoms with Gasteiger partial charge in [-0.05, 0) is 38.1 Å². The molecule has 0 aliphatic carbocycles. The number of methoxy groups -OCH3 is 1. The second kappa shape index (κ2) is 5.07. The van der Waals surface area contributed by atoms with Crippen LogP contribution >= 0.6 is 0 Å². The summed E-state index contributed by atoms with van der Waals surface area (Å²) in [7, 11) is 3.77. The zero-order chi connectivity index (χ0) is 12.4. The van der Waals surface area contributed by atoms with Crippen LogP contribution in [-0.4, -0.2) is 27.2 Å². The summed E-state index contributed by atoms with van der Waals surface area (Å²) in [5, 5.41) is 6.75. The highest BCUT2D eigenvalue weighted by molar-refractivity contribution is 5.44. The largest absolute Gasteiger partial charge is 0.496 e. The van der Waals surface area contributed by atoms with Crippen LogP contribution in [0.4, 0.5) is 0 Å². The normalized spacial score (nSPS) is 17.6. The number of aryl methyl sites for hydroxylation is 2. The van der Waals surface area contributed by atoms with E-state index >= 15 is 0 Å². The first kappa shape index (κ1) is 12.4. The second-order valence-corrected chi connectivity index (χ2v) is 4.86. The van der Waals surface area contributed by atoms with E-state index < -0.39 is 0 Å². The predicted octanol–water partition coefficient (Wildman–Crippen LogP) is 1.79. The fourth-order valence-electron chi connectivity index (χ4n) is 2.42. The monoisotopic (exact) mass is 234 g/mol. The molecule has 1 saturated heterocycles. The fraction of sp³-hybridized carbons (Fsp3) is 0.571. The molecule has 1 aliphatic heterocycles. The van der Waals surface area contributed by atoms with Gasteiger partial charge in [0.25, 0.3) is 0 Å². The number of ether oxygens (including phenoxy) is 1. The minimum Gasteiger partial charge on any atom is -0.496 e. The van der Waals surface area contributed by atoms with Gasteiger partial charge in [-0.1, -0.05) is 6.07 Å². The van der Waals surface area contributed by atoms with E-state index in [4.69, 9.17) is 4.74 Å². The second-order valence-electron chi connectivity index (χ2n) is 4.86. The summed E-state index contributed by atoms with van der Waals surface area (Å²) in [6.45, 7) is 6.45. The van der Waals surface area contributed by atoms with Crippen molar-refractivity contribution in [3.05, 3.63) is 28.8 Å². The zero-order valence-electron chi connectivity index (χ0n) is 11.1. The third-order valence-corrected chi connectivity index (χ3v) is 3.78. The van der Waals surface area contributed by atoms with Gasteiger partial charge < -0.3 is 15.4 Å². The quantitative estimate of drug-likeness (QED) is 0.833. The smallest absolute Gasteiger partial charge is 0.123 e. The first-order valence-electron chi connectivity index (χ1n) is 6.20. The summed E-state index contributed by atoms with van der Waals surface area (Å²) in [6, 6.07) is 4.78. The summed E-state index contributed by atoms with van der Waals surface area (Å²) >= 11 is 0. The molecule has 17 heavy (non-hydrogen) atoms. The Bertz CT molecular complexity index is 399. The Morgan fingerprint density at radius 1 is 1.29 bits per heavy atom. The Balaban J connectivity index is 2.37. The number of hydrogen-bond acceptors (Lipinski definition) is 3. The lowest BCUT2D eigenvalue weighted by Gasteiger charge is -2.35. The molecule has 1 aromatic rings. The van der Waals surface area contributed by atoms with Crippen molar-refractivity contribution in [2.24, 2.45) is 5.92 Å². The first-order valence-corrected chi connectivity index (χ1v) is 6.20. The molecule has 2 rings (SSSR count).